The van der Waals surface area contributed by atoms with Crippen LogP contribution in [0.2, 0.25) is 0 Å². The van der Waals surface area contributed by atoms with Gasteiger partial charge in [-0.15, -0.1) is 0 Å². The molecule has 0 unspecified atom stereocenters. The van der Waals surface area contributed by atoms with E-state index in [4.69, 9.17) is 4.52 Å². The van der Waals surface area contributed by atoms with Crippen molar-refractivity contribution in [2.24, 2.45) is 0 Å². The first-order valence-electron chi connectivity index (χ1n) is 4.26. The maximum atomic E-state index is 5.11. The quantitative estimate of drug-likeness (QED) is 0.777. The summed E-state index contributed by atoms with van der Waals surface area (Å²) in [6.45, 7) is 0.684. The zero-order chi connectivity index (χ0) is 9.80. The van der Waals surface area contributed by atoms with Crippen LogP contribution in [0.4, 0.5) is 0 Å². The Morgan fingerprint density at radius 1 is 1.43 bits per heavy atom. The molecule has 0 aliphatic heterocycles. The first-order chi connectivity index (χ1) is 6.90. The summed E-state index contributed by atoms with van der Waals surface area (Å²) >= 11 is 0. The summed E-state index contributed by atoms with van der Waals surface area (Å²) in [5.41, 5.74) is 1.55. The van der Waals surface area contributed by atoms with Gasteiger partial charge in [0.05, 0.1) is 11.9 Å². The van der Waals surface area contributed by atoms with Crippen molar-refractivity contribution in [2.75, 3.05) is 7.05 Å². The molecule has 1 N–H and O–H groups in total. The molecule has 2 heterocycles. The highest BCUT2D eigenvalue weighted by molar-refractivity contribution is 5.49. The highest BCUT2D eigenvalue weighted by Crippen LogP contribution is 2.15. The predicted octanol–water partition coefficient (Wildman–Crippen LogP) is 0.851. The van der Waals surface area contributed by atoms with Crippen molar-refractivity contribution in [1.82, 2.24) is 20.4 Å². The van der Waals surface area contributed by atoms with Gasteiger partial charge in [-0.25, -0.2) is 4.98 Å². The van der Waals surface area contributed by atoms with Crippen molar-refractivity contribution in [3.63, 3.8) is 0 Å². The van der Waals surface area contributed by atoms with E-state index in [0.717, 1.165) is 5.69 Å². The van der Waals surface area contributed by atoms with Gasteiger partial charge in [0.15, 0.2) is 5.76 Å². The summed E-state index contributed by atoms with van der Waals surface area (Å²) in [6, 6.07) is 1.85. The summed E-state index contributed by atoms with van der Waals surface area (Å²) in [5.74, 6) is 0.642. The summed E-state index contributed by atoms with van der Waals surface area (Å²) in [7, 11) is 1.86. The second-order valence-electron chi connectivity index (χ2n) is 2.80. The van der Waals surface area contributed by atoms with Crippen LogP contribution < -0.4 is 5.32 Å². The molecule has 0 saturated carbocycles. The SMILES string of the molecule is CNCc1cc(-c2cnccn2)on1. The van der Waals surface area contributed by atoms with E-state index in [-0.39, 0.29) is 0 Å². The van der Waals surface area contributed by atoms with Crippen LogP contribution in [0, 0.1) is 0 Å². The fraction of sp³-hybridized carbons (Fsp3) is 0.222. The predicted molar refractivity (Wildman–Crippen MR) is 50.3 cm³/mol. The Morgan fingerprint density at radius 2 is 2.36 bits per heavy atom. The van der Waals surface area contributed by atoms with Gasteiger partial charge in [0, 0.05) is 25.0 Å². The average Bonchev–Trinajstić information content (AvgIpc) is 2.68. The van der Waals surface area contributed by atoms with Crippen LogP contribution in [-0.2, 0) is 6.54 Å². The molecule has 2 rings (SSSR count). The minimum absolute atomic E-state index is 0.642. The van der Waals surface area contributed by atoms with Crippen molar-refractivity contribution in [3.8, 4) is 11.5 Å². The number of nitrogens with one attached hydrogen (secondary N) is 1. The number of aromatic nitrogens is 3. The molecule has 0 aromatic carbocycles. The van der Waals surface area contributed by atoms with Crippen LogP contribution in [0.25, 0.3) is 11.5 Å². The number of hydrogen-bond donors (Lipinski definition) is 1. The van der Waals surface area contributed by atoms with Gasteiger partial charge in [0.2, 0.25) is 0 Å². The third-order valence-corrected chi connectivity index (χ3v) is 1.73. The van der Waals surface area contributed by atoms with Crippen molar-refractivity contribution in [1.29, 1.82) is 0 Å². The molecule has 2 aromatic rings. The lowest BCUT2D eigenvalue weighted by Gasteiger charge is -1.90. The van der Waals surface area contributed by atoms with Crippen molar-refractivity contribution in [2.45, 2.75) is 6.54 Å². The van der Waals surface area contributed by atoms with Crippen LogP contribution in [0.1, 0.15) is 5.69 Å². The zero-order valence-corrected chi connectivity index (χ0v) is 7.77. The second kappa shape index (κ2) is 3.97. The zero-order valence-electron chi connectivity index (χ0n) is 7.77. The fourth-order valence-corrected chi connectivity index (χ4v) is 1.12. The Hall–Kier alpha value is -1.75. The highest BCUT2D eigenvalue weighted by atomic mass is 16.5. The van der Waals surface area contributed by atoms with Gasteiger partial charge in [-0.3, -0.25) is 4.98 Å². The molecule has 0 aliphatic carbocycles. The molecule has 5 heteroatoms. The fourth-order valence-electron chi connectivity index (χ4n) is 1.12. The number of rotatable bonds is 3. The van der Waals surface area contributed by atoms with Gasteiger partial charge in [-0.05, 0) is 7.05 Å². The van der Waals surface area contributed by atoms with E-state index in [2.05, 4.69) is 20.4 Å². The molecule has 0 aliphatic rings. The second-order valence-corrected chi connectivity index (χ2v) is 2.80. The summed E-state index contributed by atoms with van der Waals surface area (Å²) in [6.07, 6.45) is 4.88. The topological polar surface area (TPSA) is 63.8 Å². The van der Waals surface area contributed by atoms with E-state index < -0.39 is 0 Å². The molecular weight excluding hydrogens is 180 g/mol. The molecule has 14 heavy (non-hydrogen) atoms. The van der Waals surface area contributed by atoms with Gasteiger partial charge >= 0.3 is 0 Å². The Balaban J connectivity index is 2.25. The van der Waals surface area contributed by atoms with Gasteiger partial charge < -0.3 is 9.84 Å². The van der Waals surface area contributed by atoms with Crippen molar-refractivity contribution in [3.05, 3.63) is 30.4 Å². The van der Waals surface area contributed by atoms with E-state index in [1.165, 1.54) is 0 Å². The van der Waals surface area contributed by atoms with E-state index in [1.54, 1.807) is 18.6 Å². The average molecular weight is 190 g/mol. The molecule has 0 atom stereocenters. The Bertz CT molecular complexity index is 398. The number of nitrogens with zero attached hydrogens (tertiary/aromatic N) is 3. The van der Waals surface area contributed by atoms with Crippen LogP contribution in [0.5, 0.6) is 0 Å². The molecule has 2 aromatic heterocycles. The van der Waals surface area contributed by atoms with Crippen LogP contribution in [0.15, 0.2) is 29.2 Å². The standard InChI is InChI=1S/C9H10N4O/c1-10-5-7-4-9(14-13-7)8-6-11-2-3-12-8/h2-4,6,10H,5H2,1H3. The van der Waals surface area contributed by atoms with E-state index in [9.17, 15) is 0 Å². The van der Waals surface area contributed by atoms with Gasteiger partial charge in [0.1, 0.15) is 5.69 Å². The molecule has 72 valence electrons. The van der Waals surface area contributed by atoms with Crippen molar-refractivity contribution >= 4 is 0 Å². The van der Waals surface area contributed by atoms with Crippen LogP contribution >= 0.6 is 0 Å². The lowest BCUT2D eigenvalue weighted by atomic mass is 10.3. The van der Waals surface area contributed by atoms with Crippen LogP contribution in [-0.4, -0.2) is 22.2 Å². The Labute approximate surface area is 81.2 Å². The molecule has 0 radical (unpaired) electrons. The summed E-state index contributed by atoms with van der Waals surface area (Å²) < 4.78 is 5.11. The molecule has 0 fully saturated rings. The largest absolute Gasteiger partial charge is 0.354 e. The Morgan fingerprint density at radius 3 is 3.07 bits per heavy atom. The maximum absolute atomic E-state index is 5.11. The van der Waals surface area contributed by atoms with Crippen molar-refractivity contribution < 1.29 is 4.52 Å². The minimum atomic E-state index is 0.642. The number of hydrogen-bond acceptors (Lipinski definition) is 5. The van der Waals surface area contributed by atoms with E-state index in [0.29, 0.717) is 18.0 Å². The summed E-state index contributed by atoms with van der Waals surface area (Å²) in [5, 5.41) is 6.87. The van der Waals surface area contributed by atoms with Gasteiger partial charge in [0.25, 0.3) is 0 Å². The normalized spacial score (nSPS) is 10.4. The highest BCUT2D eigenvalue weighted by Gasteiger charge is 2.06. The smallest absolute Gasteiger partial charge is 0.187 e. The molecule has 5 nitrogen and oxygen atoms in total. The molecule has 0 bridgehead atoms. The third-order valence-electron chi connectivity index (χ3n) is 1.73. The van der Waals surface area contributed by atoms with Gasteiger partial charge in [-0.1, -0.05) is 5.16 Å². The lowest BCUT2D eigenvalue weighted by Crippen LogP contribution is -2.04. The van der Waals surface area contributed by atoms with E-state index in [1.807, 2.05) is 13.1 Å². The first kappa shape index (κ1) is 8.83. The monoisotopic (exact) mass is 190 g/mol. The third kappa shape index (κ3) is 1.77. The van der Waals surface area contributed by atoms with E-state index >= 15 is 0 Å². The maximum Gasteiger partial charge on any atom is 0.187 e. The molecule has 0 spiro atoms. The molecular formula is C9H10N4O. The van der Waals surface area contributed by atoms with Crippen LogP contribution in [0.3, 0.4) is 0 Å². The Kier molecular flexibility index (Phi) is 2.51. The molecule has 0 amide bonds. The first-order valence-corrected chi connectivity index (χ1v) is 4.26. The lowest BCUT2D eigenvalue weighted by molar-refractivity contribution is 0.420. The minimum Gasteiger partial charge on any atom is -0.354 e. The van der Waals surface area contributed by atoms with Gasteiger partial charge in [-0.2, -0.15) is 0 Å². The molecule has 0 saturated heterocycles. The summed E-state index contributed by atoms with van der Waals surface area (Å²) in [4.78, 5) is 8.06.